The zero-order valence-electron chi connectivity index (χ0n) is 7.94. The summed E-state index contributed by atoms with van der Waals surface area (Å²) in [5.41, 5.74) is 3.24. The average molecular weight is 185 g/mol. The van der Waals surface area contributed by atoms with E-state index in [0.29, 0.717) is 0 Å². The second kappa shape index (κ2) is 3.87. The van der Waals surface area contributed by atoms with Gasteiger partial charge >= 0.3 is 0 Å². The van der Waals surface area contributed by atoms with Crippen LogP contribution in [0.1, 0.15) is 0 Å². The van der Waals surface area contributed by atoms with Gasteiger partial charge in [-0.05, 0) is 23.8 Å². The monoisotopic (exact) mass is 185 g/mol. The Kier molecular flexibility index (Phi) is 2.40. The topological polar surface area (TPSA) is 37.8 Å². The molecular formula is C11H11N3. The predicted octanol–water partition coefficient (Wildman–Crippen LogP) is 2.19. The number of hydrogen-bond donors (Lipinski definition) is 1. The molecule has 14 heavy (non-hydrogen) atoms. The molecule has 3 heteroatoms. The molecule has 0 radical (unpaired) electrons. The molecule has 0 spiro atoms. The number of rotatable bonds is 2. The van der Waals surface area contributed by atoms with E-state index in [9.17, 15) is 0 Å². The fourth-order valence-corrected chi connectivity index (χ4v) is 1.28. The molecule has 0 aliphatic heterocycles. The third-order valence-electron chi connectivity index (χ3n) is 2.04. The Morgan fingerprint density at radius 3 is 2.50 bits per heavy atom. The lowest BCUT2D eigenvalue weighted by Gasteiger charge is -2.03. The molecule has 3 nitrogen and oxygen atoms in total. The number of pyridine rings is 2. The van der Waals surface area contributed by atoms with Gasteiger partial charge in [0.2, 0.25) is 0 Å². The number of hydrogen-bond acceptors (Lipinski definition) is 3. The van der Waals surface area contributed by atoms with Crippen molar-refractivity contribution in [1.29, 1.82) is 0 Å². The standard InChI is InChI=1S/C11H11N3/c1-12-11-6-10(7-14-8-11)9-2-4-13-5-3-9/h2-8,12H,1H3. The summed E-state index contributed by atoms with van der Waals surface area (Å²) in [6, 6.07) is 6.00. The lowest BCUT2D eigenvalue weighted by molar-refractivity contribution is 1.29. The lowest BCUT2D eigenvalue weighted by Crippen LogP contribution is -1.89. The first kappa shape index (κ1) is 8.69. The fraction of sp³-hybridized carbons (Fsp3) is 0.0909. The van der Waals surface area contributed by atoms with E-state index in [4.69, 9.17) is 0 Å². The van der Waals surface area contributed by atoms with Crippen LogP contribution in [0.25, 0.3) is 11.1 Å². The van der Waals surface area contributed by atoms with Gasteiger partial charge in [-0.15, -0.1) is 0 Å². The molecule has 0 atom stereocenters. The van der Waals surface area contributed by atoms with Crippen LogP contribution in [0, 0.1) is 0 Å². The van der Waals surface area contributed by atoms with Crippen molar-refractivity contribution in [1.82, 2.24) is 9.97 Å². The second-order valence-corrected chi connectivity index (χ2v) is 2.95. The number of nitrogens with zero attached hydrogens (tertiary/aromatic N) is 2. The minimum Gasteiger partial charge on any atom is -0.387 e. The van der Waals surface area contributed by atoms with Crippen LogP contribution in [0.4, 0.5) is 5.69 Å². The van der Waals surface area contributed by atoms with Crippen LogP contribution in [0.3, 0.4) is 0 Å². The quantitative estimate of drug-likeness (QED) is 0.779. The van der Waals surface area contributed by atoms with Crippen molar-refractivity contribution in [3.63, 3.8) is 0 Å². The molecule has 0 saturated heterocycles. The molecule has 0 unspecified atom stereocenters. The van der Waals surface area contributed by atoms with E-state index >= 15 is 0 Å². The first-order valence-electron chi connectivity index (χ1n) is 4.43. The summed E-state index contributed by atoms with van der Waals surface area (Å²) in [5.74, 6) is 0. The number of aromatic nitrogens is 2. The Morgan fingerprint density at radius 2 is 1.79 bits per heavy atom. The molecule has 1 N–H and O–H groups in total. The minimum absolute atomic E-state index is 1.01. The number of anilines is 1. The summed E-state index contributed by atoms with van der Waals surface area (Å²) in [6.45, 7) is 0. The van der Waals surface area contributed by atoms with Crippen LogP contribution in [-0.4, -0.2) is 17.0 Å². The molecule has 0 aliphatic rings. The van der Waals surface area contributed by atoms with Gasteiger partial charge in [0.15, 0.2) is 0 Å². The first-order valence-corrected chi connectivity index (χ1v) is 4.43. The third kappa shape index (κ3) is 1.71. The van der Waals surface area contributed by atoms with Gasteiger partial charge < -0.3 is 5.32 Å². The van der Waals surface area contributed by atoms with E-state index in [2.05, 4.69) is 21.4 Å². The van der Waals surface area contributed by atoms with Crippen molar-refractivity contribution in [2.24, 2.45) is 0 Å². The molecule has 70 valence electrons. The normalized spacial score (nSPS) is 9.79. The highest BCUT2D eigenvalue weighted by atomic mass is 14.8. The van der Waals surface area contributed by atoms with Crippen molar-refractivity contribution in [2.75, 3.05) is 12.4 Å². The van der Waals surface area contributed by atoms with Crippen molar-refractivity contribution in [3.8, 4) is 11.1 Å². The Morgan fingerprint density at radius 1 is 1.00 bits per heavy atom. The highest BCUT2D eigenvalue weighted by Crippen LogP contribution is 2.19. The highest BCUT2D eigenvalue weighted by molar-refractivity contribution is 5.65. The van der Waals surface area contributed by atoms with Crippen LogP contribution < -0.4 is 5.32 Å². The predicted molar refractivity (Wildman–Crippen MR) is 57.0 cm³/mol. The van der Waals surface area contributed by atoms with Crippen LogP contribution >= 0.6 is 0 Å². The molecule has 0 fully saturated rings. The van der Waals surface area contributed by atoms with Crippen LogP contribution in [0.15, 0.2) is 43.0 Å². The van der Waals surface area contributed by atoms with Crippen LogP contribution in [-0.2, 0) is 0 Å². The van der Waals surface area contributed by atoms with Gasteiger partial charge in [-0.2, -0.15) is 0 Å². The Balaban J connectivity index is 2.42. The Hall–Kier alpha value is -1.90. The van der Waals surface area contributed by atoms with E-state index in [0.717, 1.165) is 16.8 Å². The first-order chi connectivity index (χ1) is 6.90. The van der Waals surface area contributed by atoms with Gasteiger partial charge in [0.1, 0.15) is 0 Å². The SMILES string of the molecule is CNc1cncc(-c2ccncc2)c1. The van der Waals surface area contributed by atoms with Gasteiger partial charge in [-0.3, -0.25) is 9.97 Å². The van der Waals surface area contributed by atoms with Gasteiger partial charge in [-0.1, -0.05) is 0 Å². The maximum absolute atomic E-state index is 4.15. The van der Waals surface area contributed by atoms with E-state index in [1.807, 2.05) is 25.4 Å². The summed E-state index contributed by atoms with van der Waals surface area (Å²) < 4.78 is 0. The zero-order chi connectivity index (χ0) is 9.80. The van der Waals surface area contributed by atoms with Crippen molar-refractivity contribution < 1.29 is 0 Å². The van der Waals surface area contributed by atoms with Crippen LogP contribution in [0.2, 0.25) is 0 Å². The van der Waals surface area contributed by atoms with Crippen LogP contribution in [0.5, 0.6) is 0 Å². The van der Waals surface area contributed by atoms with E-state index in [-0.39, 0.29) is 0 Å². The molecule has 2 heterocycles. The van der Waals surface area contributed by atoms with E-state index in [1.54, 1.807) is 18.6 Å². The van der Waals surface area contributed by atoms with Gasteiger partial charge in [0.25, 0.3) is 0 Å². The molecule has 0 saturated carbocycles. The summed E-state index contributed by atoms with van der Waals surface area (Å²) in [4.78, 5) is 8.13. The van der Waals surface area contributed by atoms with Crippen molar-refractivity contribution >= 4 is 5.69 Å². The molecule has 2 aromatic heterocycles. The smallest absolute Gasteiger partial charge is 0.0530 e. The molecule has 0 bridgehead atoms. The molecule has 2 rings (SSSR count). The van der Waals surface area contributed by atoms with E-state index < -0.39 is 0 Å². The summed E-state index contributed by atoms with van der Waals surface area (Å²) in [6.07, 6.45) is 7.20. The summed E-state index contributed by atoms with van der Waals surface area (Å²) in [7, 11) is 1.88. The maximum Gasteiger partial charge on any atom is 0.0530 e. The molecule has 2 aromatic rings. The maximum atomic E-state index is 4.15. The van der Waals surface area contributed by atoms with Crippen molar-refractivity contribution in [2.45, 2.75) is 0 Å². The fourth-order valence-electron chi connectivity index (χ4n) is 1.28. The lowest BCUT2D eigenvalue weighted by atomic mass is 10.1. The van der Waals surface area contributed by atoms with Gasteiger partial charge in [-0.25, -0.2) is 0 Å². The Bertz CT molecular complexity index is 412. The third-order valence-corrected chi connectivity index (χ3v) is 2.04. The molecule has 0 aromatic carbocycles. The molecular weight excluding hydrogens is 174 g/mol. The highest BCUT2D eigenvalue weighted by Gasteiger charge is 1.97. The van der Waals surface area contributed by atoms with E-state index in [1.165, 1.54) is 0 Å². The van der Waals surface area contributed by atoms with Gasteiger partial charge in [0.05, 0.1) is 5.69 Å². The minimum atomic E-state index is 1.01. The zero-order valence-corrected chi connectivity index (χ0v) is 7.94. The average Bonchev–Trinajstić information content (AvgIpc) is 2.30. The van der Waals surface area contributed by atoms with Crippen molar-refractivity contribution in [3.05, 3.63) is 43.0 Å². The second-order valence-electron chi connectivity index (χ2n) is 2.95. The summed E-state index contributed by atoms with van der Waals surface area (Å²) in [5, 5.41) is 3.06. The number of nitrogens with one attached hydrogen (secondary N) is 1. The molecule has 0 amide bonds. The van der Waals surface area contributed by atoms with Gasteiger partial charge in [0, 0.05) is 37.4 Å². The largest absolute Gasteiger partial charge is 0.387 e. The summed E-state index contributed by atoms with van der Waals surface area (Å²) >= 11 is 0. The molecule has 0 aliphatic carbocycles. The Labute approximate surface area is 82.8 Å².